The third kappa shape index (κ3) is 4.74. The maximum atomic E-state index is 5.94. The highest BCUT2D eigenvalue weighted by Crippen LogP contribution is 2.40. The third-order valence-corrected chi connectivity index (χ3v) is 4.18. The van der Waals surface area contributed by atoms with Gasteiger partial charge in [0.05, 0.1) is 7.11 Å². The summed E-state index contributed by atoms with van der Waals surface area (Å²) in [6.07, 6.45) is 3.30. The summed E-state index contributed by atoms with van der Waals surface area (Å²) < 4.78 is 5.82. The highest BCUT2D eigenvalue weighted by Gasteiger charge is 2.24. The van der Waals surface area contributed by atoms with Gasteiger partial charge in [-0.1, -0.05) is 45.4 Å². The fraction of sp³-hybridized carbons (Fsp3) is 0.684. The molecule has 0 aromatic heterocycles. The molecule has 0 amide bonds. The lowest BCUT2D eigenvalue weighted by molar-refractivity contribution is 0.384. The summed E-state index contributed by atoms with van der Waals surface area (Å²) in [6.45, 7) is 13.3. The van der Waals surface area contributed by atoms with E-state index in [2.05, 4.69) is 53.7 Å². The highest BCUT2D eigenvalue weighted by molar-refractivity contribution is 5.49. The fourth-order valence-corrected chi connectivity index (χ4v) is 2.93. The second kappa shape index (κ2) is 7.31. The molecule has 0 bridgehead atoms. The van der Waals surface area contributed by atoms with Crippen molar-refractivity contribution in [1.29, 1.82) is 0 Å². The molecule has 1 rings (SSSR count). The molecule has 0 saturated heterocycles. The van der Waals surface area contributed by atoms with Gasteiger partial charge in [0, 0.05) is 11.6 Å². The van der Waals surface area contributed by atoms with Crippen molar-refractivity contribution in [2.45, 2.75) is 78.2 Å². The van der Waals surface area contributed by atoms with Gasteiger partial charge in [-0.3, -0.25) is 0 Å². The Morgan fingerprint density at radius 2 is 1.81 bits per heavy atom. The molecule has 0 aliphatic rings. The number of aryl methyl sites for hydroxylation is 1. The van der Waals surface area contributed by atoms with Crippen LogP contribution in [-0.4, -0.2) is 13.2 Å². The monoisotopic (exact) mass is 291 g/mol. The average molecular weight is 291 g/mol. The lowest BCUT2D eigenvalue weighted by Crippen LogP contribution is -2.18. The molecule has 0 radical (unpaired) electrons. The zero-order chi connectivity index (χ0) is 16.2. The van der Waals surface area contributed by atoms with Crippen LogP contribution in [0.25, 0.3) is 0 Å². The highest BCUT2D eigenvalue weighted by atomic mass is 16.5. The summed E-state index contributed by atoms with van der Waals surface area (Å²) in [5.41, 5.74) is 10.0. The molecule has 2 nitrogen and oxygen atoms in total. The minimum Gasteiger partial charge on any atom is -0.496 e. The van der Waals surface area contributed by atoms with E-state index < -0.39 is 0 Å². The Hall–Kier alpha value is -1.02. The van der Waals surface area contributed by atoms with Crippen molar-refractivity contribution >= 4 is 0 Å². The maximum Gasteiger partial charge on any atom is 0.126 e. The van der Waals surface area contributed by atoms with Crippen LogP contribution in [0.15, 0.2) is 12.1 Å². The lowest BCUT2D eigenvalue weighted by atomic mass is 9.80. The summed E-state index contributed by atoms with van der Waals surface area (Å²) in [6, 6.07) is 4.82. The third-order valence-electron chi connectivity index (χ3n) is 4.18. The minimum atomic E-state index is 0.0889. The van der Waals surface area contributed by atoms with Crippen LogP contribution in [0.1, 0.15) is 76.5 Å². The van der Waals surface area contributed by atoms with Gasteiger partial charge in [0.2, 0.25) is 0 Å². The molecule has 0 saturated carbocycles. The molecule has 1 aromatic rings. The summed E-state index contributed by atoms with van der Waals surface area (Å²) >= 11 is 0. The normalized spacial score (nSPS) is 14.9. The van der Waals surface area contributed by atoms with Crippen molar-refractivity contribution in [3.8, 4) is 5.75 Å². The number of nitrogens with two attached hydrogens (primary N) is 1. The van der Waals surface area contributed by atoms with E-state index in [1.165, 1.54) is 16.7 Å². The molecule has 21 heavy (non-hydrogen) atoms. The summed E-state index contributed by atoms with van der Waals surface area (Å²) in [5.74, 6) is 1.59. The van der Waals surface area contributed by atoms with Crippen LogP contribution in [0.3, 0.4) is 0 Å². The Kier molecular flexibility index (Phi) is 6.27. The molecule has 1 aromatic carbocycles. The summed E-state index contributed by atoms with van der Waals surface area (Å²) in [5, 5.41) is 0. The van der Waals surface area contributed by atoms with Gasteiger partial charge >= 0.3 is 0 Å². The van der Waals surface area contributed by atoms with E-state index in [1.807, 2.05) is 0 Å². The zero-order valence-corrected chi connectivity index (χ0v) is 14.9. The maximum absolute atomic E-state index is 5.94. The van der Waals surface area contributed by atoms with Crippen LogP contribution in [0, 0.1) is 6.92 Å². The molecule has 2 N–H and O–H groups in total. The Labute approximate surface area is 131 Å². The molecule has 0 aliphatic heterocycles. The van der Waals surface area contributed by atoms with Gasteiger partial charge in [-0.25, -0.2) is 0 Å². The van der Waals surface area contributed by atoms with Gasteiger partial charge in [0.1, 0.15) is 5.75 Å². The zero-order valence-electron chi connectivity index (χ0n) is 14.9. The van der Waals surface area contributed by atoms with Gasteiger partial charge in [0.15, 0.2) is 0 Å². The molecular weight excluding hydrogens is 258 g/mol. The first-order valence-electron chi connectivity index (χ1n) is 8.15. The molecule has 2 heteroatoms. The second-order valence-corrected chi connectivity index (χ2v) is 7.34. The van der Waals surface area contributed by atoms with E-state index in [9.17, 15) is 0 Å². The number of hydrogen-bond donors (Lipinski definition) is 1. The van der Waals surface area contributed by atoms with Crippen molar-refractivity contribution in [2.75, 3.05) is 7.11 Å². The summed E-state index contributed by atoms with van der Waals surface area (Å²) in [4.78, 5) is 0. The van der Waals surface area contributed by atoms with Crippen molar-refractivity contribution in [3.05, 3.63) is 28.8 Å². The van der Waals surface area contributed by atoms with Gasteiger partial charge in [-0.05, 0) is 50.0 Å². The largest absolute Gasteiger partial charge is 0.496 e. The standard InChI is InChI=1S/C19H33NO/c1-8-15(10-9-14(3)20)16-11-13(2)12-17(18(16)21-7)19(4,5)6/h11-12,14-15H,8-10,20H2,1-7H3. The van der Waals surface area contributed by atoms with Crippen LogP contribution < -0.4 is 10.5 Å². The van der Waals surface area contributed by atoms with E-state index in [0.29, 0.717) is 5.92 Å². The van der Waals surface area contributed by atoms with Crippen molar-refractivity contribution in [2.24, 2.45) is 5.73 Å². The fourth-order valence-electron chi connectivity index (χ4n) is 2.93. The Morgan fingerprint density at radius 1 is 1.19 bits per heavy atom. The van der Waals surface area contributed by atoms with Crippen LogP contribution in [-0.2, 0) is 5.41 Å². The minimum absolute atomic E-state index is 0.0889. The SMILES string of the molecule is CCC(CCC(C)N)c1cc(C)cc(C(C)(C)C)c1OC. The molecule has 0 heterocycles. The predicted octanol–water partition coefficient (Wildman–Crippen LogP) is 4.92. The number of methoxy groups -OCH3 is 1. The van der Waals surface area contributed by atoms with E-state index in [1.54, 1.807) is 7.11 Å². The smallest absolute Gasteiger partial charge is 0.126 e. The molecule has 0 aliphatic carbocycles. The van der Waals surface area contributed by atoms with Crippen LogP contribution >= 0.6 is 0 Å². The molecule has 120 valence electrons. The van der Waals surface area contributed by atoms with Gasteiger partial charge in [0.25, 0.3) is 0 Å². The second-order valence-electron chi connectivity index (χ2n) is 7.34. The van der Waals surface area contributed by atoms with Crippen molar-refractivity contribution in [3.63, 3.8) is 0 Å². The van der Waals surface area contributed by atoms with Gasteiger partial charge < -0.3 is 10.5 Å². The van der Waals surface area contributed by atoms with Gasteiger partial charge in [-0.15, -0.1) is 0 Å². The molecule has 2 atom stereocenters. The van der Waals surface area contributed by atoms with E-state index in [-0.39, 0.29) is 11.5 Å². The van der Waals surface area contributed by atoms with Crippen LogP contribution in [0.5, 0.6) is 5.75 Å². The number of ether oxygens (including phenoxy) is 1. The molecule has 2 unspecified atom stereocenters. The summed E-state index contributed by atoms with van der Waals surface area (Å²) in [7, 11) is 1.79. The van der Waals surface area contributed by atoms with E-state index >= 15 is 0 Å². The quantitative estimate of drug-likeness (QED) is 0.807. The van der Waals surface area contributed by atoms with Crippen molar-refractivity contribution < 1.29 is 4.74 Å². The first kappa shape index (κ1) is 18.0. The number of rotatable bonds is 6. The first-order valence-corrected chi connectivity index (χ1v) is 8.15. The number of hydrogen-bond acceptors (Lipinski definition) is 2. The molecular formula is C19H33NO. The molecule has 0 spiro atoms. The Bertz CT molecular complexity index is 457. The Balaban J connectivity index is 3.29. The van der Waals surface area contributed by atoms with E-state index in [0.717, 1.165) is 25.0 Å². The van der Waals surface area contributed by atoms with Crippen LogP contribution in [0.4, 0.5) is 0 Å². The Morgan fingerprint density at radius 3 is 2.24 bits per heavy atom. The predicted molar refractivity (Wildman–Crippen MR) is 92.3 cm³/mol. The van der Waals surface area contributed by atoms with Gasteiger partial charge in [-0.2, -0.15) is 0 Å². The van der Waals surface area contributed by atoms with Crippen molar-refractivity contribution in [1.82, 2.24) is 0 Å². The first-order chi connectivity index (χ1) is 9.70. The topological polar surface area (TPSA) is 35.2 Å². The van der Waals surface area contributed by atoms with Crippen LogP contribution in [0.2, 0.25) is 0 Å². The van der Waals surface area contributed by atoms with E-state index in [4.69, 9.17) is 10.5 Å². The average Bonchev–Trinajstić information content (AvgIpc) is 2.37. The lowest BCUT2D eigenvalue weighted by Gasteiger charge is -2.28. The number of benzene rings is 1. The molecule has 0 fully saturated rings.